The normalized spacial score (nSPS) is 13.3. The number of hydrogen-bond donors (Lipinski definition) is 0. The van der Waals surface area contributed by atoms with E-state index in [1.165, 1.54) is 36.5 Å². The molecule has 0 N–H and O–H groups in total. The second kappa shape index (κ2) is 10.7. The van der Waals surface area contributed by atoms with Gasteiger partial charge in [0.05, 0.1) is 31.7 Å². The number of ether oxygens (including phenoxy) is 2. The number of allylic oxidation sites excluding steroid dienone is 2. The Morgan fingerprint density at radius 1 is 1.00 bits per heavy atom. The molecule has 0 saturated carbocycles. The number of methoxy groups -OCH3 is 2. The van der Waals surface area contributed by atoms with E-state index in [4.69, 9.17) is 9.47 Å². The van der Waals surface area contributed by atoms with Gasteiger partial charge in [0.25, 0.3) is 0 Å². The number of benzene rings is 3. The molecule has 3 aromatic rings. The van der Waals surface area contributed by atoms with Crippen LogP contribution < -0.4 is 9.47 Å². The maximum atomic E-state index is 11.6. The molecular weight excluding hydrogens is 436 g/mol. The third kappa shape index (κ3) is 4.80. The Bertz CT molecular complexity index is 1310. The Morgan fingerprint density at radius 2 is 1.69 bits per heavy atom. The first-order valence-electron chi connectivity index (χ1n) is 11.3. The maximum absolute atomic E-state index is 11.6. The molecule has 4 rings (SSSR count). The van der Waals surface area contributed by atoms with E-state index in [1.807, 2.05) is 24.4 Å². The smallest absolute Gasteiger partial charge is 0.157 e. The summed E-state index contributed by atoms with van der Waals surface area (Å²) in [6, 6.07) is 20.5. The molecule has 0 bridgehead atoms. The van der Waals surface area contributed by atoms with Crippen LogP contribution in [0.25, 0.3) is 22.4 Å². The van der Waals surface area contributed by atoms with Crippen LogP contribution in [0.15, 0.2) is 90.2 Å². The summed E-state index contributed by atoms with van der Waals surface area (Å²) < 4.78 is 10.9. The first-order chi connectivity index (χ1) is 17.1. The minimum Gasteiger partial charge on any atom is -0.496 e. The van der Waals surface area contributed by atoms with Crippen LogP contribution in [0.3, 0.4) is 0 Å². The van der Waals surface area contributed by atoms with E-state index < -0.39 is 0 Å². The zero-order valence-electron chi connectivity index (χ0n) is 20.2. The number of hydrogen-bond acceptors (Lipinski definition) is 5. The van der Waals surface area contributed by atoms with Crippen molar-refractivity contribution in [3.8, 4) is 22.6 Å². The van der Waals surface area contributed by atoms with Crippen molar-refractivity contribution in [3.63, 3.8) is 0 Å². The van der Waals surface area contributed by atoms with E-state index in [1.54, 1.807) is 6.20 Å². The summed E-state index contributed by atoms with van der Waals surface area (Å²) >= 11 is 0. The average Bonchev–Trinajstić information content (AvgIpc) is 2.91. The third-order valence-electron chi connectivity index (χ3n) is 6.15. The van der Waals surface area contributed by atoms with Gasteiger partial charge in [0, 0.05) is 18.3 Å². The van der Waals surface area contributed by atoms with Crippen LogP contribution in [0.5, 0.6) is 11.5 Å². The highest BCUT2D eigenvalue weighted by Crippen LogP contribution is 2.35. The first-order valence-corrected chi connectivity index (χ1v) is 11.3. The van der Waals surface area contributed by atoms with E-state index in [0.29, 0.717) is 23.6 Å². The Morgan fingerprint density at radius 3 is 2.26 bits per heavy atom. The lowest BCUT2D eigenvalue weighted by molar-refractivity contribution is 0.111. The van der Waals surface area contributed by atoms with E-state index in [0.717, 1.165) is 23.1 Å². The number of aliphatic imine (C=N–C) groups is 1. The zero-order valence-corrected chi connectivity index (χ0v) is 20.2. The van der Waals surface area contributed by atoms with Gasteiger partial charge in [-0.05, 0) is 59.7 Å². The number of carbonyl (C=O) groups is 1. The SMILES string of the molecule is C=N/C=C(/c1cc(OC)c(C=O)c(OC)c1)N1C=CC(c2cccc(-c3ccccc3)c2C)=CC1. The Kier molecular flexibility index (Phi) is 7.27. The van der Waals surface area contributed by atoms with Crippen LogP contribution >= 0.6 is 0 Å². The predicted molar refractivity (Wildman–Crippen MR) is 143 cm³/mol. The minimum absolute atomic E-state index is 0.370. The molecule has 0 aliphatic carbocycles. The summed E-state index contributed by atoms with van der Waals surface area (Å²) in [5.41, 5.74) is 8.03. The predicted octanol–water partition coefficient (Wildman–Crippen LogP) is 6.40. The van der Waals surface area contributed by atoms with Gasteiger partial charge in [-0.25, -0.2) is 0 Å². The second-order valence-electron chi connectivity index (χ2n) is 8.08. The van der Waals surface area contributed by atoms with Gasteiger partial charge < -0.3 is 14.4 Å². The standard InChI is InChI=1S/C30H28N2O3/c1-21-25(22-9-6-5-7-10-22)11-8-12-26(21)23-13-15-32(16-14-23)28(19-31-2)24-17-29(34-3)27(20-33)30(18-24)35-4/h5-15,17-20H,2,16H2,1,3-4H3/b28-19-. The first kappa shape index (κ1) is 23.8. The van der Waals surface area contributed by atoms with Crippen LogP contribution in [0.2, 0.25) is 0 Å². The van der Waals surface area contributed by atoms with Gasteiger partial charge in [-0.3, -0.25) is 9.79 Å². The molecule has 0 unspecified atom stereocenters. The van der Waals surface area contributed by atoms with Gasteiger partial charge in [-0.1, -0.05) is 54.6 Å². The Labute approximate surface area is 206 Å². The molecule has 0 fully saturated rings. The quantitative estimate of drug-likeness (QED) is 0.286. The molecule has 0 aromatic heterocycles. The lowest BCUT2D eigenvalue weighted by Crippen LogP contribution is -2.19. The molecule has 1 heterocycles. The number of rotatable bonds is 8. The van der Waals surface area contributed by atoms with Crippen molar-refractivity contribution in [1.82, 2.24) is 4.90 Å². The van der Waals surface area contributed by atoms with Crippen LogP contribution in [0, 0.1) is 6.92 Å². The van der Waals surface area contributed by atoms with Gasteiger partial charge in [0.15, 0.2) is 6.29 Å². The second-order valence-corrected chi connectivity index (χ2v) is 8.08. The topological polar surface area (TPSA) is 51.1 Å². The fourth-order valence-corrected chi connectivity index (χ4v) is 4.36. The van der Waals surface area contributed by atoms with Crippen molar-refractivity contribution in [3.05, 3.63) is 107 Å². The fraction of sp³-hybridized carbons (Fsp3) is 0.133. The van der Waals surface area contributed by atoms with Gasteiger partial charge in [0.2, 0.25) is 0 Å². The van der Waals surface area contributed by atoms with Crippen molar-refractivity contribution in [2.75, 3.05) is 20.8 Å². The molecule has 1 aliphatic heterocycles. The molecule has 5 heteroatoms. The van der Waals surface area contributed by atoms with Crippen molar-refractivity contribution < 1.29 is 14.3 Å². The lowest BCUT2D eigenvalue weighted by Gasteiger charge is -2.27. The number of aldehydes is 1. The Balaban J connectivity index is 1.66. The molecule has 35 heavy (non-hydrogen) atoms. The van der Waals surface area contributed by atoms with E-state index >= 15 is 0 Å². The van der Waals surface area contributed by atoms with Gasteiger partial charge in [-0.15, -0.1) is 0 Å². The molecule has 0 atom stereocenters. The number of nitrogens with zero attached hydrogens (tertiary/aromatic N) is 2. The van der Waals surface area contributed by atoms with Crippen LogP contribution in [-0.2, 0) is 0 Å². The summed E-state index contributed by atoms with van der Waals surface area (Å²) in [5, 5.41) is 0. The third-order valence-corrected chi connectivity index (χ3v) is 6.15. The van der Waals surface area contributed by atoms with Crippen LogP contribution in [0.1, 0.15) is 27.0 Å². The zero-order chi connectivity index (χ0) is 24.8. The van der Waals surface area contributed by atoms with E-state index in [-0.39, 0.29) is 0 Å². The summed E-state index contributed by atoms with van der Waals surface area (Å²) in [4.78, 5) is 17.6. The summed E-state index contributed by atoms with van der Waals surface area (Å²) in [6.45, 7) is 6.45. The number of carbonyl (C=O) groups excluding carboxylic acids is 1. The molecule has 5 nitrogen and oxygen atoms in total. The van der Waals surface area contributed by atoms with Gasteiger partial charge in [-0.2, -0.15) is 0 Å². The highest BCUT2D eigenvalue weighted by atomic mass is 16.5. The highest BCUT2D eigenvalue weighted by Gasteiger charge is 2.19. The fourth-order valence-electron chi connectivity index (χ4n) is 4.36. The maximum Gasteiger partial charge on any atom is 0.157 e. The van der Waals surface area contributed by atoms with Crippen molar-refractivity contribution in [2.45, 2.75) is 6.92 Å². The van der Waals surface area contributed by atoms with E-state index in [2.05, 4.69) is 78.2 Å². The highest BCUT2D eigenvalue weighted by molar-refractivity contribution is 5.86. The molecule has 0 amide bonds. The van der Waals surface area contributed by atoms with Crippen LogP contribution in [0.4, 0.5) is 0 Å². The van der Waals surface area contributed by atoms with Gasteiger partial charge >= 0.3 is 0 Å². The molecule has 0 spiro atoms. The largest absolute Gasteiger partial charge is 0.496 e. The van der Waals surface area contributed by atoms with E-state index in [9.17, 15) is 4.79 Å². The van der Waals surface area contributed by atoms with Crippen molar-refractivity contribution >= 4 is 24.3 Å². The summed E-state index contributed by atoms with van der Waals surface area (Å²) in [6.07, 6.45) is 8.76. The molecule has 1 aliphatic rings. The Hall–Kier alpha value is -4.38. The minimum atomic E-state index is 0.370. The molecule has 0 radical (unpaired) electrons. The van der Waals surface area contributed by atoms with Crippen LogP contribution in [-0.4, -0.2) is 38.7 Å². The molecule has 0 saturated heterocycles. The summed E-state index contributed by atoms with van der Waals surface area (Å²) in [7, 11) is 3.06. The molecule has 176 valence electrons. The molecular formula is C30H28N2O3. The van der Waals surface area contributed by atoms with Gasteiger partial charge in [0.1, 0.15) is 11.5 Å². The average molecular weight is 465 g/mol. The van der Waals surface area contributed by atoms with Crippen molar-refractivity contribution in [1.29, 1.82) is 0 Å². The molecule has 3 aromatic carbocycles. The monoisotopic (exact) mass is 464 g/mol. The summed E-state index contributed by atoms with van der Waals surface area (Å²) in [5.74, 6) is 0.879. The van der Waals surface area contributed by atoms with Crippen molar-refractivity contribution in [2.24, 2.45) is 4.99 Å². The lowest BCUT2D eigenvalue weighted by atomic mass is 9.92.